The molecule has 0 atom stereocenters. The molecule has 0 aliphatic heterocycles. The number of anilines is 1. The topological polar surface area (TPSA) is 75.3 Å². The van der Waals surface area contributed by atoms with E-state index in [0.717, 1.165) is 22.0 Å². The van der Waals surface area contributed by atoms with Gasteiger partial charge in [-0.05, 0) is 37.5 Å². The Hall–Kier alpha value is -3.45. The number of carbonyl (C=O) groups excluding carboxylic acids is 2. The average molecular weight is 448 g/mol. The molecule has 4 rings (SSSR count). The Labute approximate surface area is 190 Å². The normalized spacial score (nSPS) is 10.9. The van der Waals surface area contributed by atoms with Gasteiger partial charge in [0.25, 0.3) is 0 Å². The molecule has 2 heterocycles. The van der Waals surface area contributed by atoms with Crippen LogP contribution < -0.4 is 4.90 Å². The van der Waals surface area contributed by atoms with Gasteiger partial charge in [0.1, 0.15) is 4.88 Å². The predicted octanol–water partition coefficient (Wildman–Crippen LogP) is 5.28. The van der Waals surface area contributed by atoms with E-state index in [1.54, 1.807) is 18.7 Å². The second-order valence-electron chi connectivity index (χ2n) is 7.46. The molecule has 0 saturated carbocycles. The number of nitrogens with one attached hydrogen (secondary N) is 1. The zero-order valence-electron chi connectivity index (χ0n) is 18.1. The van der Waals surface area contributed by atoms with Crippen LogP contribution in [0.15, 0.2) is 60.8 Å². The van der Waals surface area contributed by atoms with Gasteiger partial charge >= 0.3 is 5.97 Å². The minimum absolute atomic E-state index is 0.0386. The summed E-state index contributed by atoms with van der Waals surface area (Å²) in [4.78, 5) is 35.5. The first-order chi connectivity index (χ1) is 15.6. The fourth-order valence-electron chi connectivity index (χ4n) is 3.63. The summed E-state index contributed by atoms with van der Waals surface area (Å²) in [5.74, 6) is -0.442. The molecule has 1 N–H and O–H groups in total. The Bertz CT molecular complexity index is 1230. The van der Waals surface area contributed by atoms with Gasteiger partial charge in [-0.3, -0.25) is 9.69 Å². The van der Waals surface area contributed by atoms with Crippen LogP contribution in [-0.4, -0.2) is 28.5 Å². The van der Waals surface area contributed by atoms with Crippen molar-refractivity contribution in [1.29, 1.82) is 0 Å². The number of fused-ring (bicyclic) bond motifs is 1. The molecule has 7 heteroatoms. The quantitative estimate of drug-likeness (QED) is 0.373. The van der Waals surface area contributed by atoms with Crippen LogP contribution in [0.4, 0.5) is 5.13 Å². The van der Waals surface area contributed by atoms with Crippen molar-refractivity contribution in [1.82, 2.24) is 9.97 Å². The number of amides is 1. The molecule has 1 amide bonds. The molecule has 0 aliphatic rings. The van der Waals surface area contributed by atoms with Gasteiger partial charge in [0.05, 0.1) is 18.8 Å². The molecule has 164 valence electrons. The van der Waals surface area contributed by atoms with Gasteiger partial charge < -0.3 is 9.72 Å². The number of hydrogen-bond acceptors (Lipinski definition) is 5. The Morgan fingerprint density at radius 2 is 1.84 bits per heavy atom. The van der Waals surface area contributed by atoms with Gasteiger partial charge in [-0.1, -0.05) is 59.9 Å². The summed E-state index contributed by atoms with van der Waals surface area (Å²) in [6.45, 7) is 4.22. The van der Waals surface area contributed by atoms with Crippen molar-refractivity contribution in [2.45, 2.75) is 33.2 Å². The second kappa shape index (κ2) is 9.78. The van der Waals surface area contributed by atoms with Crippen LogP contribution in [0.25, 0.3) is 10.9 Å². The van der Waals surface area contributed by atoms with Crippen LogP contribution in [0.2, 0.25) is 0 Å². The molecule has 0 fully saturated rings. The van der Waals surface area contributed by atoms with Gasteiger partial charge in [-0.25, -0.2) is 9.78 Å². The Kier molecular flexibility index (Phi) is 6.66. The number of para-hydroxylation sites is 1. The summed E-state index contributed by atoms with van der Waals surface area (Å²) < 4.78 is 5.14. The minimum Gasteiger partial charge on any atom is -0.462 e. The van der Waals surface area contributed by atoms with Gasteiger partial charge in [0.2, 0.25) is 5.91 Å². The number of aromatic amines is 1. The van der Waals surface area contributed by atoms with Crippen LogP contribution >= 0.6 is 11.3 Å². The summed E-state index contributed by atoms with van der Waals surface area (Å²) in [6.07, 6.45) is 2.91. The third-order valence-corrected chi connectivity index (χ3v) is 6.41. The Morgan fingerprint density at radius 3 is 2.62 bits per heavy atom. The number of benzene rings is 2. The zero-order chi connectivity index (χ0) is 22.5. The molecule has 0 unspecified atom stereocenters. The van der Waals surface area contributed by atoms with Gasteiger partial charge in [-0.15, -0.1) is 0 Å². The lowest BCUT2D eigenvalue weighted by Crippen LogP contribution is -2.30. The van der Waals surface area contributed by atoms with Crippen molar-refractivity contribution in [2.75, 3.05) is 11.5 Å². The molecular weight excluding hydrogens is 422 g/mol. The molecule has 0 radical (unpaired) electrons. The van der Waals surface area contributed by atoms with Crippen molar-refractivity contribution < 1.29 is 14.3 Å². The lowest BCUT2D eigenvalue weighted by molar-refractivity contribution is -0.118. The predicted molar refractivity (Wildman–Crippen MR) is 127 cm³/mol. The molecular formula is C25H25N3O3S. The van der Waals surface area contributed by atoms with Crippen molar-refractivity contribution in [3.8, 4) is 0 Å². The molecule has 6 nitrogen and oxygen atoms in total. The van der Waals surface area contributed by atoms with Gasteiger partial charge in [0.15, 0.2) is 5.13 Å². The molecule has 0 bridgehead atoms. The van der Waals surface area contributed by atoms with Crippen molar-refractivity contribution in [3.63, 3.8) is 0 Å². The second-order valence-corrected chi connectivity index (χ2v) is 8.43. The van der Waals surface area contributed by atoms with E-state index in [0.29, 0.717) is 41.7 Å². The smallest absolute Gasteiger partial charge is 0.350 e. The summed E-state index contributed by atoms with van der Waals surface area (Å²) in [7, 11) is 0. The van der Waals surface area contributed by atoms with E-state index in [2.05, 4.69) is 16.0 Å². The number of ether oxygens (including phenoxy) is 1. The molecule has 0 saturated heterocycles. The largest absolute Gasteiger partial charge is 0.462 e. The monoisotopic (exact) mass is 447 g/mol. The summed E-state index contributed by atoms with van der Waals surface area (Å²) in [5.41, 5.74) is 3.74. The van der Waals surface area contributed by atoms with Gasteiger partial charge in [0, 0.05) is 23.5 Å². The highest BCUT2D eigenvalue weighted by Crippen LogP contribution is 2.29. The lowest BCUT2D eigenvalue weighted by atomic mass is 10.1. The van der Waals surface area contributed by atoms with Crippen molar-refractivity contribution in [3.05, 3.63) is 82.5 Å². The lowest BCUT2D eigenvalue weighted by Gasteiger charge is -2.20. The Balaban J connectivity index is 1.58. The third kappa shape index (κ3) is 4.73. The van der Waals surface area contributed by atoms with Crippen LogP contribution in [-0.2, 0) is 22.5 Å². The summed E-state index contributed by atoms with van der Waals surface area (Å²) in [6, 6.07) is 17.9. The molecule has 2 aromatic heterocycles. The first kappa shape index (κ1) is 21.8. The number of aryl methyl sites for hydroxylation is 2. The Morgan fingerprint density at radius 1 is 1.09 bits per heavy atom. The van der Waals surface area contributed by atoms with E-state index in [1.807, 2.05) is 54.7 Å². The zero-order valence-corrected chi connectivity index (χ0v) is 18.9. The highest BCUT2D eigenvalue weighted by atomic mass is 32.1. The number of H-pyrrole nitrogens is 1. The first-order valence-electron chi connectivity index (χ1n) is 10.6. The van der Waals surface area contributed by atoms with E-state index < -0.39 is 5.97 Å². The number of rotatable bonds is 8. The maximum Gasteiger partial charge on any atom is 0.350 e. The van der Waals surface area contributed by atoms with E-state index in [1.165, 1.54) is 11.3 Å². The SMILES string of the molecule is CCOC(=O)c1sc(N(Cc2ccccc2)C(=O)CCc2c[nH]c3ccccc23)nc1C. The van der Waals surface area contributed by atoms with Crippen LogP contribution in [0, 0.1) is 6.92 Å². The molecule has 32 heavy (non-hydrogen) atoms. The molecule has 4 aromatic rings. The van der Waals surface area contributed by atoms with Crippen LogP contribution in [0.5, 0.6) is 0 Å². The first-order valence-corrected chi connectivity index (χ1v) is 11.4. The van der Waals surface area contributed by atoms with E-state index >= 15 is 0 Å². The average Bonchev–Trinajstić information content (AvgIpc) is 3.40. The number of esters is 1. The maximum absolute atomic E-state index is 13.4. The number of aromatic nitrogens is 2. The third-order valence-electron chi connectivity index (χ3n) is 5.24. The molecule has 2 aromatic carbocycles. The number of hydrogen-bond donors (Lipinski definition) is 1. The molecule has 0 spiro atoms. The fraction of sp³-hybridized carbons (Fsp3) is 0.240. The van der Waals surface area contributed by atoms with Crippen LogP contribution in [0.1, 0.15) is 39.8 Å². The van der Waals surface area contributed by atoms with Crippen molar-refractivity contribution in [2.24, 2.45) is 0 Å². The number of nitrogens with zero attached hydrogens (tertiary/aromatic N) is 2. The van der Waals surface area contributed by atoms with E-state index in [9.17, 15) is 9.59 Å². The number of thiazole rings is 1. The standard InChI is InChI=1S/C25H25N3O3S/c1-3-31-24(30)23-17(2)27-25(32-23)28(16-18-9-5-4-6-10-18)22(29)14-13-19-15-26-21-12-8-7-11-20(19)21/h4-12,15,26H,3,13-14,16H2,1-2H3. The van der Waals surface area contributed by atoms with Gasteiger partial charge in [-0.2, -0.15) is 0 Å². The molecule has 0 aliphatic carbocycles. The highest BCUT2D eigenvalue weighted by molar-refractivity contribution is 7.17. The summed E-state index contributed by atoms with van der Waals surface area (Å²) >= 11 is 1.20. The van der Waals surface area contributed by atoms with E-state index in [4.69, 9.17) is 4.74 Å². The summed E-state index contributed by atoms with van der Waals surface area (Å²) in [5, 5.41) is 1.64. The minimum atomic E-state index is -0.403. The van der Waals surface area contributed by atoms with E-state index in [-0.39, 0.29) is 5.91 Å². The maximum atomic E-state index is 13.4. The van der Waals surface area contributed by atoms with Crippen molar-refractivity contribution >= 4 is 39.2 Å². The fourth-order valence-corrected chi connectivity index (χ4v) is 4.60. The number of carbonyl (C=O) groups is 2. The van der Waals surface area contributed by atoms with Crippen LogP contribution in [0.3, 0.4) is 0 Å². The highest BCUT2D eigenvalue weighted by Gasteiger charge is 2.24.